The largest absolute Gasteiger partial charge is 0.396 e. The van der Waals surface area contributed by atoms with Crippen LogP contribution in [-0.4, -0.2) is 41.4 Å². The maximum absolute atomic E-state index is 12.8. The van der Waals surface area contributed by atoms with Gasteiger partial charge in [-0.15, -0.1) is 11.8 Å². The molecule has 1 aliphatic heterocycles. The zero-order valence-corrected chi connectivity index (χ0v) is 12.2. The van der Waals surface area contributed by atoms with Gasteiger partial charge in [-0.25, -0.2) is 4.39 Å². The van der Waals surface area contributed by atoms with E-state index < -0.39 is 0 Å². The molecule has 3 nitrogen and oxygen atoms in total. The molecule has 1 unspecified atom stereocenters. The summed E-state index contributed by atoms with van der Waals surface area (Å²) in [5.74, 6) is 1.11. The molecule has 1 saturated heterocycles. The van der Waals surface area contributed by atoms with Gasteiger partial charge in [-0.1, -0.05) is 0 Å². The van der Waals surface area contributed by atoms with Gasteiger partial charge < -0.3 is 10.0 Å². The van der Waals surface area contributed by atoms with Crippen molar-refractivity contribution in [2.75, 3.05) is 25.4 Å². The van der Waals surface area contributed by atoms with Crippen molar-refractivity contribution in [3.8, 4) is 0 Å². The SMILES string of the molecule is O=C(CCSc1ccc(F)cc1)N1CCC(CCO)C1. The minimum Gasteiger partial charge on any atom is -0.396 e. The van der Waals surface area contributed by atoms with Crippen molar-refractivity contribution in [2.24, 2.45) is 5.92 Å². The summed E-state index contributed by atoms with van der Waals surface area (Å²) in [5.41, 5.74) is 0. The van der Waals surface area contributed by atoms with Gasteiger partial charge >= 0.3 is 0 Å². The Labute approximate surface area is 123 Å². The van der Waals surface area contributed by atoms with E-state index in [0.29, 0.717) is 18.1 Å². The average Bonchev–Trinajstić information content (AvgIpc) is 2.90. The third-order valence-electron chi connectivity index (χ3n) is 3.57. The van der Waals surface area contributed by atoms with Gasteiger partial charge in [0, 0.05) is 36.8 Å². The quantitative estimate of drug-likeness (QED) is 0.820. The predicted molar refractivity (Wildman–Crippen MR) is 78.1 cm³/mol. The second-order valence-electron chi connectivity index (χ2n) is 5.06. The molecule has 1 atom stereocenters. The number of thioether (sulfide) groups is 1. The van der Waals surface area contributed by atoms with Crippen LogP contribution in [0.2, 0.25) is 0 Å². The summed E-state index contributed by atoms with van der Waals surface area (Å²) in [7, 11) is 0. The molecule has 1 aliphatic rings. The van der Waals surface area contributed by atoms with Gasteiger partial charge in [-0.3, -0.25) is 4.79 Å². The highest BCUT2D eigenvalue weighted by atomic mass is 32.2. The lowest BCUT2D eigenvalue weighted by Crippen LogP contribution is -2.29. The molecule has 1 fully saturated rings. The molecule has 0 saturated carbocycles. The number of aliphatic hydroxyl groups excluding tert-OH is 1. The molecule has 110 valence electrons. The lowest BCUT2D eigenvalue weighted by Gasteiger charge is -2.16. The summed E-state index contributed by atoms with van der Waals surface area (Å²) in [5, 5.41) is 8.91. The number of nitrogens with zero attached hydrogens (tertiary/aromatic N) is 1. The van der Waals surface area contributed by atoms with Crippen LogP contribution in [0.25, 0.3) is 0 Å². The second-order valence-corrected chi connectivity index (χ2v) is 6.23. The van der Waals surface area contributed by atoms with Crippen LogP contribution in [0, 0.1) is 11.7 Å². The first kappa shape index (κ1) is 15.3. The van der Waals surface area contributed by atoms with Crippen LogP contribution in [-0.2, 0) is 4.79 Å². The summed E-state index contributed by atoms with van der Waals surface area (Å²) >= 11 is 1.57. The number of aliphatic hydroxyl groups is 1. The zero-order valence-electron chi connectivity index (χ0n) is 11.4. The van der Waals surface area contributed by atoms with E-state index in [1.54, 1.807) is 23.9 Å². The second kappa shape index (κ2) is 7.64. The first-order valence-corrected chi connectivity index (χ1v) is 7.94. The van der Waals surface area contributed by atoms with E-state index in [1.807, 2.05) is 4.90 Å². The van der Waals surface area contributed by atoms with E-state index in [4.69, 9.17) is 5.11 Å². The summed E-state index contributed by atoms with van der Waals surface area (Å²) < 4.78 is 12.8. The molecule has 1 N–H and O–H groups in total. The highest BCUT2D eigenvalue weighted by molar-refractivity contribution is 7.99. The van der Waals surface area contributed by atoms with Gasteiger partial charge in [0.25, 0.3) is 0 Å². The highest BCUT2D eigenvalue weighted by Gasteiger charge is 2.25. The molecule has 1 aromatic carbocycles. The number of benzene rings is 1. The molecule has 20 heavy (non-hydrogen) atoms. The molecular formula is C15H20FNO2S. The first-order valence-electron chi connectivity index (χ1n) is 6.96. The molecule has 0 spiro atoms. The van der Waals surface area contributed by atoms with Gasteiger partial charge in [0.05, 0.1) is 0 Å². The summed E-state index contributed by atoms with van der Waals surface area (Å²) in [4.78, 5) is 14.9. The standard InChI is InChI=1S/C15H20FNO2S/c16-13-1-3-14(4-2-13)20-10-7-15(19)17-8-5-12(11-17)6-9-18/h1-4,12,18H,5-11H2. The van der Waals surface area contributed by atoms with E-state index in [9.17, 15) is 9.18 Å². The normalized spacial score (nSPS) is 18.5. The summed E-state index contributed by atoms with van der Waals surface area (Å²) in [6.45, 7) is 1.79. The number of amides is 1. The Hall–Kier alpha value is -1.07. The van der Waals surface area contributed by atoms with Crippen molar-refractivity contribution in [1.82, 2.24) is 4.90 Å². The monoisotopic (exact) mass is 297 g/mol. The van der Waals surface area contributed by atoms with Crippen LogP contribution in [0.15, 0.2) is 29.2 Å². The Morgan fingerprint density at radius 3 is 2.85 bits per heavy atom. The highest BCUT2D eigenvalue weighted by Crippen LogP contribution is 2.22. The fourth-order valence-corrected chi connectivity index (χ4v) is 3.26. The summed E-state index contributed by atoms with van der Waals surface area (Å²) in [6.07, 6.45) is 2.29. The van der Waals surface area contributed by atoms with Crippen molar-refractivity contribution in [2.45, 2.75) is 24.2 Å². The Kier molecular flexibility index (Phi) is 5.86. The molecule has 1 amide bonds. The van der Waals surface area contributed by atoms with Crippen LogP contribution in [0.4, 0.5) is 4.39 Å². The maximum Gasteiger partial charge on any atom is 0.223 e. The van der Waals surface area contributed by atoms with E-state index in [0.717, 1.165) is 30.8 Å². The van der Waals surface area contributed by atoms with E-state index in [-0.39, 0.29) is 18.3 Å². The van der Waals surface area contributed by atoms with Gasteiger partial charge in [0.15, 0.2) is 0 Å². The van der Waals surface area contributed by atoms with Crippen molar-refractivity contribution >= 4 is 17.7 Å². The molecule has 2 rings (SSSR count). The fraction of sp³-hybridized carbons (Fsp3) is 0.533. The number of carbonyl (C=O) groups excluding carboxylic acids is 1. The Morgan fingerprint density at radius 1 is 1.40 bits per heavy atom. The minimum atomic E-state index is -0.239. The van der Waals surface area contributed by atoms with Crippen molar-refractivity contribution < 1.29 is 14.3 Å². The van der Waals surface area contributed by atoms with Crippen molar-refractivity contribution in [3.05, 3.63) is 30.1 Å². The van der Waals surface area contributed by atoms with Crippen LogP contribution in [0.3, 0.4) is 0 Å². The Morgan fingerprint density at radius 2 is 2.15 bits per heavy atom. The fourth-order valence-electron chi connectivity index (χ4n) is 2.42. The number of hydrogen-bond donors (Lipinski definition) is 1. The van der Waals surface area contributed by atoms with Crippen LogP contribution in [0.1, 0.15) is 19.3 Å². The molecule has 1 aromatic rings. The predicted octanol–water partition coefficient (Wildman–Crippen LogP) is 2.54. The van der Waals surface area contributed by atoms with E-state index in [2.05, 4.69) is 0 Å². The third kappa shape index (κ3) is 4.49. The molecule has 1 heterocycles. The number of halogens is 1. The van der Waals surface area contributed by atoms with Crippen molar-refractivity contribution in [3.63, 3.8) is 0 Å². The first-order chi connectivity index (χ1) is 9.69. The van der Waals surface area contributed by atoms with E-state index >= 15 is 0 Å². The van der Waals surface area contributed by atoms with Crippen LogP contribution < -0.4 is 0 Å². The molecule has 0 radical (unpaired) electrons. The van der Waals surface area contributed by atoms with Gasteiger partial charge in [0.2, 0.25) is 5.91 Å². The van der Waals surface area contributed by atoms with Gasteiger partial charge in [0.1, 0.15) is 5.82 Å². The molecule has 5 heteroatoms. The molecule has 0 aliphatic carbocycles. The average molecular weight is 297 g/mol. The molecule has 0 aromatic heterocycles. The lowest BCUT2D eigenvalue weighted by molar-refractivity contribution is -0.129. The smallest absolute Gasteiger partial charge is 0.223 e. The van der Waals surface area contributed by atoms with Gasteiger partial charge in [-0.05, 0) is 43.0 Å². The van der Waals surface area contributed by atoms with Crippen LogP contribution >= 0.6 is 11.8 Å². The topological polar surface area (TPSA) is 40.5 Å². The minimum absolute atomic E-state index is 0.181. The Bertz CT molecular complexity index is 438. The molecular weight excluding hydrogens is 277 g/mol. The maximum atomic E-state index is 12.8. The number of hydrogen-bond acceptors (Lipinski definition) is 3. The van der Waals surface area contributed by atoms with Crippen molar-refractivity contribution in [1.29, 1.82) is 0 Å². The number of rotatable bonds is 6. The van der Waals surface area contributed by atoms with Gasteiger partial charge in [-0.2, -0.15) is 0 Å². The number of carbonyl (C=O) groups is 1. The molecule has 0 bridgehead atoms. The lowest BCUT2D eigenvalue weighted by atomic mass is 10.1. The van der Waals surface area contributed by atoms with Crippen LogP contribution in [0.5, 0.6) is 0 Å². The third-order valence-corrected chi connectivity index (χ3v) is 4.59. The summed E-state index contributed by atoms with van der Waals surface area (Å²) in [6, 6.07) is 6.34. The van der Waals surface area contributed by atoms with E-state index in [1.165, 1.54) is 12.1 Å². The Balaban J connectivity index is 1.69. The zero-order chi connectivity index (χ0) is 14.4. The number of likely N-dealkylation sites (tertiary alicyclic amines) is 1.